The Morgan fingerprint density at radius 2 is 1.88 bits per heavy atom. The molecule has 2 saturated carbocycles. The zero-order chi connectivity index (χ0) is 11.5. The predicted molar refractivity (Wildman–Crippen MR) is 63.0 cm³/mol. The van der Waals surface area contributed by atoms with Crippen LogP contribution in [0.25, 0.3) is 0 Å². The van der Waals surface area contributed by atoms with Crippen LogP contribution in [0, 0.1) is 17.8 Å². The first-order valence-corrected chi connectivity index (χ1v) is 6.65. The summed E-state index contributed by atoms with van der Waals surface area (Å²) in [6.45, 7) is 0. The van der Waals surface area contributed by atoms with Crippen LogP contribution in [0.4, 0.5) is 0 Å². The maximum absolute atomic E-state index is 10.7. The second-order valence-corrected chi connectivity index (χ2v) is 5.66. The number of fused-ring (bicyclic) bond motifs is 1. The minimum absolute atomic E-state index is 0.561. The number of carbonyl (C=O) groups is 1. The topological polar surface area (TPSA) is 63.3 Å². The molecule has 0 aromatic heterocycles. The van der Waals surface area contributed by atoms with E-state index in [0.29, 0.717) is 12.3 Å². The molecule has 4 atom stereocenters. The van der Waals surface area contributed by atoms with E-state index >= 15 is 0 Å². The first kappa shape index (κ1) is 11.9. The number of nitrogens with two attached hydrogens (primary N) is 1. The number of carboxylic acids is 1. The third kappa shape index (κ3) is 2.76. The number of hydrogen-bond acceptors (Lipinski definition) is 2. The molecular formula is C13H23NO2. The highest BCUT2D eigenvalue weighted by Crippen LogP contribution is 2.43. The van der Waals surface area contributed by atoms with Crippen LogP contribution in [0.2, 0.25) is 0 Å². The van der Waals surface area contributed by atoms with E-state index in [1.165, 1.54) is 44.9 Å². The minimum atomic E-state index is -0.842. The lowest BCUT2D eigenvalue weighted by atomic mass is 9.66. The monoisotopic (exact) mass is 225 g/mol. The minimum Gasteiger partial charge on any atom is -0.480 e. The Balaban J connectivity index is 1.83. The molecule has 3 nitrogen and oxygen atoms in total. The summed E-state index contributed by atoms with van der Waals surface area (Å²) in [5.41, 5.74) is 5.62. The van der Waals surface area contributed by atoms with Crippen molar-refractivity contribution in [2.24, 2.45) is 23.5 Å². The van der Waals surface area contributed by atoms with Crippen molar-refractivity contribution >= 4 is 5.97 Å². The first-order valence-electron chi connectivity index (χ1n) is 6.65. The summed E-state index contributed by atoms with van der Waals surface area (Å²) < 4.78 is 0. The fraction of sp³-hybridized carbons (Fsp3) is 0.923. The summed E-state index contributed by atoms with van der Waals surface area (Å²) in [5.74, 6) is 1.52. The van der Waals surface area contributed by atoms with Crippen molar-refractivity contribution in [1.29, 1.82) is 0 Å². The molecule has 3 heteroatoms. The average molecular weight is 225 g/mol. The Morgan fingerprint density at radius 1 is 1.19 bits per heavy atom. The number of carboxylic acid groups (broad SMARTS) is 1. The second kappa shape index (κ2) is 5.17. The van der Waals surface area contributed by atoms with E-state index in [1.54, 1.807) is 0 Å². The van der Waals surface area contributed by atoms with Crippen molar-refractivity contribution in [2.75, 3.05) is 0 Å². The molecule has 0 spiro atoms. The van der Waals surface area contributed by atoms with Crippen molar-refractivity contribution in [3.8, 4) is 0 Å². The number of rotatable bonds is 3. The Bertz CT molecular complexity index is 254. The molecule has 3 unspecified atom stereocenters. The lowest BCUT2D eigenvalue weighted by molar-refractivity contribution is -0.139. The van der Waals surface area contributed by atoms with Gasteiger partial charge < -0.3 is 10.8 Å². The van der Waals surface area contributed by atoms with Gasteiger partial charge in [0.1, 0.15) is 6.04 Å². The number of hydrogen-bond donors (Lipinski definition) is 2. The summed E-state index contributed by atoms with van der Waals surface area (Å²) in [6.07, 6.45) is 9.96. The van der Waals surface area contributed by atoms with Crippen molar-refractivity contribution in [2.45, 2.75) is 57.4 Å². The fourth-order valence-electron chi connectivity index (χ4n) is 3.64. The first-order chi connectivity index (χ1) is 7.66. The van der Waals surface area contributed by atoms with Gasteiger partial charge in [0, 0.05) is 0 Å². The van der Waals surface area contributed by atoms with E-state index < -0.39 is 12.0 Å². The van der Waals surface area contributed by atoms with Crippen LogP contribution in [-0.2, 0) is 4.79 Å². The molecule has 0 heterocycles. The summed E-state index contributed by atoms with van der Waals surface area (Å²) in [6, 6.07) is -0.648. The van der Waals surface area contributed by atoms with Gasteiger partial charge in [-0.2, -0.15) is 0 Å². The highest BCUT2D eigenvalue weighted by atomic mass is 16.4. The van der Waals surface area contributed by atoms with Crippen molar-refractivity contribution < 1.29 is 9.90 Å². The molecule has 0 aromatic rings. The Morgan fingerprint density at radius 3 is 2.56 bits per heavy atom. The lowest BCUT2D eigenvalue weighted by Gasteiger charge is -2.39. The second-order valence-electron chi connectivity index (χ2n) is 5.66. The summed E-state index contributed by atoms with van der Waals surface area (Å²) in [4.78, 5) is 10.7. The zero-order valence-electron chi connectivity index (χ0n) is 9.90. The zero-order valence-corrected chi connectivity index (χ0v) is 9.90. The molecule has 2 aliphatic rings. The molecule has 0 aromatic carbocycles. The molecule has 2 fully saturated rings. The molecule has 0 bridgehead atoms. The quantitative estimate of drug-likeness (QED) is 0.775. The van der Waals surface area contributed by atoms with E-state index in [4.69, 9.17) is 10.8 Å². The van der Waals surface area contributed by atoms with Crippen molar-refractivity contribution in [3.05, 3.63) is 0 Å². The molecule has 3 N–H and O–H groups in total. The van der Waals surface area contributed by atoms with Crippen LogP contribution in [0.3, 0.4) is 0 Å². The highest BCUT2D eigenvalue weighted by Gasteiger charge is 2.33. The summed E-state index contributed by atoms with van der Waals surface area (Å²) >= 11 is 0. The molecule has 0 amide bonds. The standard InChI is InChI=1S/C13H23NO2/c14-12(13(15)16)8-9-5-6-10-3-1-2-4-11(10)7-9/h9-12H,1-8,14H2,(H,15,16)/t9-,10?,11?,12?/m0/s1. The van der Waals surface area contributed by atoms with Gasteiger partial charge in [0.2, 0.25) is 0 Å². The van der Waals surface area contributed by atoms with Gasteiger partial charge in [-0.15, -0.1) is 0 Å². The molecule has 92 valence electrons. The Labute approximate surface area is 97.4 Å². The Hall–Kier alpha value is -0.570. The fourth-order valence-corrected chi connectivity index (χ4v) is 3.64. The van der Waals surface area contributed by atoms with Gasteiger partial charge in [-0.1, -0.05) is 32.1 Å². The molecule has 2 aliphatic carbocycles. The van der Waals surface area contributed by atoms with Crippen LogP contribution in [0.5, 0.6) is 0 Å². The van der Waals surface area contributed by atoms with E-state index in [1.807, 2.05) is 0 Å². The van der Waals surface area contributed by atoms with E-state index in [-0.39, 0.29) is 0 Å². The maximum atomic E-state index is 10.7. The third-order valence-electron chi connectivity index (χ3n) is 4.55. The van der Waals surface area contributed by atoms with E-state index in [0.717, 1.165) is 11.8 Å². The molecule has 0 radical (unpaired) electrons. The molecule has 16 heavy (non-hydrogen) atoms. The van der Waals surface area contributed by atoms with Crippen LogP contribution in [-0.4, -0.2) is 17.1 Å². The van der Waals surface area contributed by atoms with Crippen molar-refractivity contribution in [3.63, 3.8) is 0 Å². The van der Waals surface area contributed by atoms with Gasteiger partial charge in [0.15, 0.2) is 0 Å². The van der Waals surface area contributed by atoms with Gasteiger partial charge in [-0.25, -0.2) is 0 Å². The van der Waals surface area contributed by atoms with Crippen LogP contribution < -0.4 is 5.73 Å². The maximum Gasteiger partial charge on any atom is 0.320 e. The van der Waals surface area contributed by atoms with Crippen LogP contribution in [0.1, 0.15) is 51.4 Å². The largest absolute Gasteiger partial charge is 0.480 e. The molecule has 0 aliphatic heterocycles. The van der Waals surface area contributed by atoms with Gasteiger partial charge in [0.05, 0.1) is 0 Å². The highest BCUT2D eigenvalue weighted by molar-refractivity contribution is 5.73. The lowest BCUT2D eigenvalue weighted by Crippen LogP contribution is -2.35. The Kier molecular flexibility index (Phi) is 3.85. The average Bonchev–Trinajstić information content (AvgIpc) is 2.28. The van der Waals surface area contributed by atoms with Gasteiger partial charge in [-0.3, -0.25) is 4.79 Å². The third-order valence-corrected chi connectivity index (χ3v) is 4.55. The summed E-state index contributed by atoms with van der Waals surface area (Å²) in [5, 5.41) is 8.82. The van der Waals surface area contributed by atoms with Gasteiger partial charge >= 0.3 is 5.97 Å². The SMILES string of the molecule is NC(C[C@H]1CCC2CCCCC2C1)C(=O)O. The smallest absolute Gasteiger partial charge is 0.320 e. The van der Waals surface area contributed by atoms with Crippen molar-refractivity contribution in [1.82, 2.24) is 0 Å². The van der Waals surface area contributed by atoms with Gasteiger partial charge in [-0.05, 0) is 37.0 Å². The predicted octanol–water partition coefficient (Wildman–Crippen LogP) is 2.39. The van der Waals surface area contributed by atoms with E-state index in [9.17, 15) is 4.79 Å². The van der Waals surface area contributed by atoms with Crippen LogP contribution >= 0.6 is 0 Å². The van der Waals surface area contributed by atoms with Crippen LogP contribution in [0.15, 0.2) is 0 Å². The molecule has 2 rings (SSSR count). The summed E-state index contributed by atoms with van der Waals surface area (Å²) in [7, 11) is 0. The van der Waals surface area contributed by atoms with E-state index in [2.05, 4.69) is 0 Å². The number of aliphatic carboxylic acids is 1. The molecular weight excluding hydrogens is 202 g/mol. The van der Waals surface area contributed by atoms with Gasteiger partial charge in [0.25, 0.3) is 0 Å². The molecule has 0 saturated heterocycles. The normalized spacial score (nSPS) is 36.4.